The maximum Gasteiger partial charge on any atom is 0.341 e. The monoisotopic (exact) mass is 530 g/mol. The van der Waals surface area contributed by atoms with E-state index >= 15 is 4.39 Å². The number of ether oxygens (including phenoxy) is 3. The highest BCUT2D eigenvalue weighted by Crippen LogP contribution is 2.44. The summed E-state index contributed by atoms with van der Waals surface area (Å²) in [6, 6.07) is 4.38. The molecule has 2 aromatic carbocycles. The summed E-state index contributed by atoms with van der Waals surface area (Å²) in [5, 5.41) is 0. The Balaban J connectivity index is 1.22. The number of esters is 1. The standard InChI is InChI=1S/C31H37F3O4/c1-3-5-18-6-8-19(9-7-18)20-10-13-23(14-11-20)37-31(35)24-17-22-16-21-12-15-25(36-4-2)27(33)29(21)38-30(22)28(34)26(24)32/h12,15,17-20,23H,3-11,13-14,16H2,1-2H3. The molecule has 2 fully saturated rings. The summed E-state index contributed by atoms with van der Waals surface area (Å²) in [7, 11) is 0. The first kappa shape index (κ1) is 26.9. The molecule has 0 radical (unpaired) electrons. The number of halogens is 3. The maximum atomic E-state index is 15.0. The van der Waals surface area contributed by atoms with Crippen molar-refractivity contribution in [2.24, 2.45) is 17.8 Å². The third-order valence-corrected chi connectivity index (χ3v) is 8.73. The Morgan fingerprint density at radius 3 is 2.18 bits per heavy atom. The van der Waals surface area contributed by atoms with E-state index in [2.05, 4.69) is 6.92 Å². The van der Waals surface area contributed by atoms with Gasteiger partial charge in [-0.15, -0.1) is 0 Å². The fourth-order valence-corrected chi connectivity index (χ4v) is 6.70. The molecule has 0 saturated heterocycles. The van der Waals surface area contributed by atoms with Crippen molar-refractivity contribution in [3.63, 3.8) is 0 Å². The molecule has 38 heavy (non-hydrogen) atoms. The van der Waals surface area contributed by atoms with Crippen LogP contribution in [0.5, 0.6) is 17.2 Å². The molecule has 3 aliphatic rings. The molecule has 7 heteroatoms. The number of hydrogen-bond acceptors (Lipinski definition) is 4. The van der Waals surface area contributed by atoms with E-state index in [1.165, 1.54) is 50.7 Å². The van der Waals surface area contributed by atoms with Gasteiger partial charge in [-0.05, 0) is 75.3 Å². The van der Waals surface area contributed by atoms with E-state index in [0.717, 1.165) is 37.5 Å². The number of benzene rings is 2. The molecular weight excluding hydrogens is 493 g/mol. The second-order valence-electron chi connectivity index (χ2n) is 11.1. The first-order valence-electron chi connectivity index (χ1n) is 14.2. The van der Waals surface area contributed by atoms with Gasteiger partial charge in [-0.1, -0.05) is 38.7 Å². The van der Waals surface area contributed by atoms with Crippen LogP contribution in [0.3, 0.4) is 0 Å². The van der Waals surface area contributed by atoms with Gasteiger partial charge in [0.2, 0.25) is 11.6 Å². The summed E-state index contributed by atoms with van der Waals surface area (Å²) in [5.74, 6) is -2.60. The van der Waals surface area contributed by atoms with Crippen molar-refractivity contribution in [3.05, 3.63) is 52.3 Å². The van der Waals surface area contributed by atoms with E-state index in [4.69, 9.17) is 14.2 Å². The summed E-state index contributed by atoms with van der Waals surface area (Å²) >= 11 is 0. The Labute approximate surface area is 222 Å². The van der Waals surface area contributed by atoms with Crippen molar-refractivity contribution in [3.8, 4) is 17.2 Å². The zero-order valence-electron chi connectivity index (χ0n) is 22.3. The topological polar surface area (TPSA) is 44.8 Å². The first-order chi connectivity index (χ1) is 18.4. The molecule has 0 N–H and O–H groups in total. The molecule has 1 heterocycles. The molecule has 0 atom stereocenters. The average Bonchev–Trinajstić information content (AvgIpc) is 2.93. The highest BCUT2D eigenvalue weighted by molar-refractivity contribution is 5.90. The highest BCUT2D eigenvalue weighted by Gasteiger charge is 2.34. The van der Waals surface area contributed by atoms with Gasteiger partial charge in [0.25, 0.3) is 0 Å². The Bertz CT molecular complexity index is 1160. The van der Waals surface area contributed by atoms with Gasteiger partial charge in [0.15, 0.2) is 23.1 Å². The molecule has 4 nitrogen and oxygen atoms in total. The smallest absolute Gasteiger partial charge is 0.341 e. The predicted molar refractivity (Wildman–Crippen MR) is 138 cm³/mol. The van der Waals surface area contributed by atoms with Crippen LogP contribution in [0.15, 0.2) is 18.2 Å². The van der Waals surface area contributed by atoms with E-state index in [1.807, 2.05) is 0 Å². The van der Waals surface area contributed by atoms with Gasteiger partial charge in [0, 0.05) is 17.5 Å². The Kier molecular flexibility index (Phi) is 8.20. The quantitative estimate of drug-likeness (QED) is 0.287. The minimum absolute atomic E-state index is 0.0188. The van der Waals surface area contributed by atoms with Crippen molar-refractivity contribution in [2.45, 2.75) is 90.6 Å². The van der Waals surface area contributed by atoms with Gasteiger partial charge < -0.3 is 14.2 Å². The normalized spacial score (nSPS) is 24.7. The van der Waals surface area contributed by atoms with Crippen LogP contribution < -0.4 is 9.47 Å². The van der Waals surface area contributed by atoms with Gasteiger partial charge in [0.05, 0.1) is 12.2 Å². The maximum absolute atomic E-state index is 15.0. The summed E-state index contributed by atoms with van der Waals surface area (Å²) in [5.41, 5.74) is 0.288. The number of carbonyl (C=O) groups excluding carboxylic acids is 1. The van der Waals surface area contributed by atoms with Crippen molar-refractivity contribution in [1.82, 2.24) is 0 Å². The third-order valence-electron chi connectivity index (χ3n) is 8.73. The summed E-state index contributed by atoms with van der Waals surface area (Å²) in [6.45, 7) is 4.23. The van der Waals surface area contributed by atoms with E-state index in [1.54, 1.807) is 13.0 Å². The van der Waals surface area contributed by atoms with E-state index in [9.17, 15) is 13.6 Å². The minimum atomic E-state index is -1.34. The number of rotatable bonds is 7. The molecule has 2 aromatic rings. The number of hydrogen-bond donors (Lipinski definition) is 0. The lowest BCUT2D eigenvalue weighted by atomic mass is 9.70. The molecule has 2 saturated carbocycles. The third kappa shape index (κ3) is 5.39. The molecule has 0 unspecified atom stereocenters. The molecule has 0 bridgehead atoms. The van der Waals surface area contributed by atoms with E-state index in [0.29, 0.717) is 11.5 Å². The second-order valence-corrected chi connectivity index (χ2v) is 11.1. The van der Waals surface area contributed by atoms with Gasteiger partial charge >= 0.3 is 5.97 Å². The van der Waals surface area contributed by atoms with Gasteiger partial charge in [-0.25, -0.2) is 9.18 Å². The fourth-order valence-electron chi connectivity index (χ4n) is 6.70. The zero-order valence-corrected chi connectivity index (χ0v) is 22.3. The van der Waals surface area contributed by atoms with Crippen LogP contribution in [0.4, 0.5) is 13.2 Å². The molecule has 0 aromatic heterocycles. The van der Waals surface area contributed by atoms with Gasteiger partial charge in [-0.3, -0.25) is 0 Å². The minimum Gasteiger partial charge on any atom is -0.491 e. The van der Waals surface area contributed by atoms with Crippen molar-refractivity contribution in [2.75, 3.05) is 6.61 Å². The van der Waals surface area contributed by atoms with Crippen LogP contribution in [-0.2, 0) is 11.2 Å². The Hall–Kier alpha value is -2.70. The van der Waals surface area contributed by atoms with Crippen molar-refractivity contribution < 1.29 is 32.2 Å². The molecule has 1 aliphatic heterocycles. The summed E-state index contributed by atoms with van der Waals surface area (Å²) in [6.07, 6.45) is 11.1. The Morgan fingerprint density at radius 1 is 0.868 bits per heavy atom. The second kappa shape index (κ2) is 11.6. The zero-order chi connectivity index (χ0) is 26.8. The summed E-state index contributed by atoms with van der Waals surface area (Å²) < 4.78 is 61.2. The lowest BCUT2D eigenvalue weighted by Gasteiger charge is -2.37. The molecule has 5 rings (SSSR count). The fraction of sp³-hybridized carbons (Fsp3) is 0.581. The van der Waals surface area contributed by atoms with Crippen molar-refractivity contribution in [1.29, 1.82) is 0 Å². The molecule has 0 amide bonds. The molecule has 2 aliphatic carbocycles. The largest absolute Gasteiger partial charge is 0.491 e. The Morgan fingerprint density at radius 2 is 1.53 bits per heavy atom. The lowest BCUT2D eigenvalue weighted by molar-refractivity contribution is 0.0104. The SMILES string of the molecule is CCCC1CCC(C2CCC(OC(=O)c3cc4c(c(F)c3F)Oc3c(ccc(OCC)c3F)C4)CC2)CC1. The van der Waals surface area contributed by atoms with E-state index in [-0.39, 0.29) is 36.2 Å². The van der Waals surface area contributed by atoms with Crippen LogP contribution in [0.25, 0.3) is 0 Å². The van der Waals surface area contributed by atoms with Crippen LogP contribution >= 0.6 is 0 Å². The number of fused-ring (bicyclic) bond motifs is 2. The first-order valence-corrected chi connectivity index (χ1v) is 14.2. The predicted octanol–water partition coefficient (Wildman–Crippen LogP) is 8.52. The number of carbonyl (C=O) groups is 1. The molecule has 0 spiro atoms. The summed E-state index contributed by atoms with van der Waals surface area (Å²) in [4.78, 5) is 12.9. The highest BCUT2D eigenvalue weighted by atomic mass is 19.2. The van der Waals surface area contributed by atoms with Crippen molar-refractivity contribution >= 4 is 5.97 Å². The average molecular weight is 531 g/mol. The van der Waals surface area contributed by atoms with Crippen LogP contribution in [0, 0.1) is 35.2 Å². The molecule has 206 valence electrons. The lowest BCUT2D eigenvalue weighted by Crippen LogP contribution is -2.30. The molecular formula is C31H37F3O4. The van der Waals surface area contributed by atoms with Crippen LogP contribution in [0.1, 0.15) is 99.5 Å². The van der Waals surface area contributed by atoms with Crippen LogP contribution in [-0.4, -0.2) is 18.7 Å². The van der Waals surface area contributed by atoms with Gasteiger partial charge in [0.1, 0.15) is 6.10 Å². The van der Waals surface area contributed by atoms with Crippen LogP contribution in [0.2, 0.25) is 0 Å². The van der Waals surface area contributed by atoms with E-state index < -0.39 is 34.7 Å². The van der Waals surface area contributed by atoms with Gasteiger partial charge in [-0.2, -0.15) is 8.78 Å².